The Morgan fingerprint density at radius 3 is 1.33 bits per heavy atom. The number of hydrogen-bond donors (Lipinski definition) is 2. The summed E-state index contributed by atoms with van der Waals surface area (Å²) in [6, 6.07) is 0. The molecule has 0 saturated carbocycles. The molecular weight excluding hydrogens is 184 g/mol. The largest absolute Gasteiger partial charge is 0.326 e. The summed E-state index contributed by atoms with van der Waals surface area (Å²) in [7, 11) is 0. The van der Waals surface area contributed by atoms with Crippen LogP contribution < -0.4 is 11.5 Å². The Kier molecular flexibility index (Phi) is 3.89. The maximum absolute atomic E-state index is 5.81. The van der Waals surface area contributed by atoms with Gasteiger partial charge in [0.05, 0.1) is 0 Å². The van der Waals surface area contributed by atoms with Crippen molar-refractivity contribution in [3.8, 4) is 0 Å². The minimum Gasteiger partial charge on any atom is -0.326 e. The highest BCUT2D eigenvalue weighted by Gasteiger charge is 2.13. The number of nitrogens with two attached hydrogens (primary N) is 2. The van der Waals surface area contributed by atoms with Crippen molar-refractivity contribution >= 4 is 0 Å². The maximum atomic E-state index is 5.81. The lowest BCUT2D eigenvalue weighted by atomic mass is 9.87. The fourth-order valence-electron chi connectivity index (χ4n) is 2.53. The van der Waals surface area contributed by atoms with Gasteiger partial charge in [-0.1, -0.05) is 6.92 Å². The SMILES string of the molecule is CCc1c(C)c(CN)c(C)c(CN)c1C. The van der Waals surface area contributed by atoms with Gasteiger partial charge in [0.15, 0.2) is 0 Å². The van der Waals surface area contributed by atoms with Crippen molar-refractivity contribution in [2.24, 2.45) is 11.5 Å². The number of hydrogen-bond acceptors (Lipinski definition) is 2. The van der Waals surface area contributed by atoms with Crippen molar-refractivity contribution in [3.05, 3.63) is 33.4 Å². The fourth-order valence-corrected chi connectivity index (χ4v) is 2.53. The van der Waals surface area contributed by atoms with E-state index in [1.807, 2.05) is 0 Å². The van der Waals surface area contributed by atoms with Crippen LogP contribution >= 0.6 is 0 Å². The zero-order chi connectivity index (χ0) is 11.6. The van der Waals surface area contributed by atoms with Gasteiger partial charge < -0.3 is 11.5 Å². The van der Waals surface area contributed by atoms with Gasteiger partial charge >= 0.3 is 0 Å². The highest BCUT2D eigenvalue weighted by atomic mass is 14.6. The minimum atomic E-state index is 0.609. The van der Waals surface area contributed by atoms with Gasteiger partial charge in [-0.25, -0.2) is 0 Å². The summed E-state index contributed by atoms with van der Waals surface area (Å²) < 4.78 is 0. The van der Waals surface area contributed by atoms with Crippen LogP contribution in [0.1, 0.15) is 40.3 Å². The van der Waals surface area contributed by atoms with E-state index < -0.39 is 0 Å². The Hall–Kier alpha value is -0.860. The van der Waals surface area contributed by atoms with Crippen molar-refractivity contribution in [2.45, 2.75) is 47.2 Å². The molecule has 0 unspecified atom stereocenters. The molecule has 1 aromatic carbocycles. The van der Waals surface area contributed by atoms with E-state index in [2.05, 4.69) is 27.7 Å². The second-order valence-electron chi connectivity index (χ2n) is 4.07. The van der Waals surface area contributed by atoms with Gasteiger partial charge in [-0.3, -0.25) is 0 Å². The number of rotatable bonds is 3. The molecule has 0 saturated heterocycles. The molecule has 1 rings (SSSR count). The third-order valence-electron chi connectivity index (χ3n) is 3.48. The maximum Gasteiger partial charge on any atom is 0.0183 e. The first-order valence-electron chi connectivity index (χ1n) is 5.58. The summed E-state index contributed by atoms with van der Waals surface area (Å²) in [6.45, 7) is 9.87. The van der Waals surface area contributed by atoms with Crippen LogP contribution in [-0.2, 0) is 19.5 Å². The van der Waals surface area contributed by atoms with E-state index in [9.17, 15) is 0 Å². The van der Waals surface area contributed by atoms with E-state index >= 15 is 0 Å². The highest BCUT2D eigenvalue weighted by Crippen LogP contribution is 2.27. The summed E-state index contributed by atoms with van der Waals surface area (Å²) in [4.78, 5) is 0. The molecule has 4 N–H and O–H groups in total. The average Bonchev–Trinajstić information content (AvgIpc) is 2.19. The molecule has 0 aliphatic heterocycles. The van der Waals surface area contributed by atoms with Crippen LogP contribution in [0.2, 0.25) is 0 Å². The lowest BCUT2D eigenvalue weighted by molar-refractivity contribution is 0.932. The van der Waals surface area contributed by atoms with E-state index in [0.717, 1.165) is 6.42 Å². The van der Waals surface area contributed by atoms with Crippen molar-refractivity contribution in [1.29, 1.82) is 0 Å². The monoisotopic (exact) mass is 206 g/mol. The first-order chi connectivity index (χ1) is 7.08. The first kappa shape index (κ1) is 12.2. The van der Waals surface area contributed by atoms with Crippen LogP contribution in [0.25, 0.3) is 0 Å². The van der Waals surface area contributed by atoms with Gasteiger partial charge in [0, 0.05) is 13.1 Å². The van der Waals surface area contributed by atoms with Crippen molar-refractivity contribution in [2.75, 3.05) is 0 Å². The molecule has 0 radical (unpaired) electrons. The molecule has 0 bridgehead atoms. The van der Waals surface area contributed by atoms with Crippen LogP contribution in [0, 0.1) is 20.8 Å². The van der Waals surface area contributed by atoms with Crippen LogP contribution in [0.3, 0.4) is 0 Å². The summed E-state index contributed by atoms with van der Waals surface area (Å²) in [5.41, 5.74) is 19.6. The molecule has 0 amide bonds. The van der Waals surface area contributed by atoms with Gasteiger partial charge in [-0.2, -0.15) is 0 Å². The van der Waals surface area contributed by atoms with Crippen LogP contribution in [-0.4, -0.2) is 0 Å². The molecule has 84 valence electrons. The highest BCUT2D eigenvalue weighted by molar-refractivity contribution is 5.50. The van der Waals surface area contributed by atoms with E-state index in [0.29, 0.717) is 13.1 Å². The molecule has 2 nitrogen and oxygen atoms in total. The topological polar surface area (TPSA) is 52.0 Å². The van der Waals surface area contributed by atoms with E-state index in [1.54, 1.807) is 0 Å². The van der Waals surface area contributed by atoms with Gasteiger partial charge in [0.25, 0.3) is 0 Å². The van der Waals surface area contributed by atoms with Gasteiger partial charge in [0.1, 0.15) is 0 Å². The third kappa shape index (κ3) is 1.92. The summed E-state index contributed by atoms with van der Waals surface area (Å²) >= 11 is 0. The van der Waals surface area contributed by atoms with Crippen molar-refractivity contribution in [1.82, 2.24) is 0 Å². The first-order valence-corrected chi connectivity index (χ1v) is 5.58. The Balaban J connectivity index is 3.57. The van der Waals surface area contributed by atoms with Crippen molar-refractivity contribution < 1.29 is 0 Å². The van der Waals surface area contributed by atoms with Crippen LogP contribution in [0.4, 0.5) is 0 Å². The van der Waals surface area contributed by atoms with E-state index in [-0.39, 0.29) is 0 Å². The molecule has 0 fully saturated rings. The molecule has 1 aromatic rings. The van der Waals surface area contributed by atoms with E-state index in [1.165, 1.54) is 33.4 Å². The third-order valence-corrected chi connectivity index (χ3v) is 3.48. The molecule has 15 heavy (non-hydrogen) atoms. The molecule has 0 aromatic heterocycles. The zero-order valence-electron chi connectivity index (χ0n) is 10.3. The Bertz CT molecular complexity index is 289. The Labute approximate surface area is 92.7 Å². The molecule has 0 heterocycles. The van der Waals surface area contributed by atoms with Crippen LogP contribution in [0.5, 0.6) is 0 Å². The van der Waals surface area contributed by atoms with Gasteiger partial charge in [-0.05, 0) is 60.6 Å². The standard InChI is InChI=1S/C13H22N2/c1-5-11-8(2)12(6-14)10(4)13(7-15)9(11)3/h5-7,14-15H2,1-4H3. The lowest BCUT2D eigenvalue weighted by Gasteiger charge is -2.20. The van der Waals surface area contributed by atoms with Crippen molar-refractivity contribution in [3.63, 3.8) is 0 Å². The molecular formula is C13H22N2. The minimum absolute atomic E-state index is 0.609. The molecule has 2 heteroatoms. The lowest BCUT2D eigenvalue weighted by Crippen LogP contribution is -2.12. The normalized spacial score (nSPS) is 10.8. The van der Waals surface area contributed by atoms with Gasteiger partial charge in [0.2, 0.25) is 0 Å². The second kappa shape index (κ2) is 4.77. The Morgan fingerprint density at radius 1 is 0.733 bits per heavy atom. The summed E-state index contributed by atoms with van der Waals surface area (Å²) in [5, 5.41) is 0. The smallest absolute Gasteiger partial charge is 0.0183 e. The molecule has 0 atom stereocenters. The predicted octanol–water partition coefficient (Wildman–Crippen LogP) is 2.09. The van der Waals surface area contributed by atoms with E-state index in [4.69, 9.17) is 11.5 Å². The molecule has 0 aliphatic rings. The average molecular weight is 206 g/mol. The van der Waals surface area contributed by atoms with Crippen LogP contribution in [0.15, 0.2) is 0 Å². The molecule has 0 aliphatic carbocycles. The molecule has 0 spiro atoms. The van der Waals surface area contributed by atoms with Gasteiger partial charge in [-0.15, -0.1) is 0 Å². The predicted molar refractivity (Wildman–Crippen MR) is 65.8 cm³/mol. The zero-order valence-corrected chi connectivity index (χ0v) is 10.3. The quantitative estimate of drug-likeness (QED) is 0.795. The summed E-state index contributed by atoms with van der Waals surface area (Å²) in [6.07, 6.45) is 1.05. The second-order valence-corrected chi connectivity index (χ2v) is 4.07. The Morgan fingerprint density at radius 2 is 1.07 bits per heavy atom. The fraction of sp³-hybridized carbons (Fsp3) is 0.538. The number of benzene rings is 1. The summed E-state index contributed by atoms with van der Waals surface area (Å²) in [5.74, 6) is 0.